The second-order valence-electron chi connectivity index (χ2n) is 4.16. The maximum atomic E-state index is 10.2. The summed E-state index contributed by atoms with van der Waals surface area (Å²) < 4.78 is 0. The van der Waals surface area contributed by atoms with Crippen LogP contribution in [0.4, 0.5) is 4.79 Å². The molecule has 0 bridgehead atoms. The van der Waals surface area contributed by atoms with Crippen molar-refractivity contribution in [2.45, 2.75) is 32.1 Å². The van der Waals surface area contributed by atoms with E-state index in [2.05, 4.69) is 5.32 Å². The van der Waals surface area contributed by atoms with E-state index in [0.29, 0.717) is 17.9 Å². The molecule has 0 aromatic heterocycles. The van der Waals surface area contributed by atoms with Crippen LogP contribution >= 0.6 is 0 Å². The lowest BCUT2D eigenvalue weighted by atomic mass is 10.0. The highest BCUT2D eigenvalue weighted by atomic mass is 16.4. The van der Waals surface area contributed by atoms with E-state index in [9.17, 15) is 4.79 Å². The largest absolute Gasteiger partial charge is 0.465 e. The van der Waals surface area contributed by atoms with Gasteiger partial charge in [0.1, 0.15) is 0 Å². The van der Waals surface area contributed by atoms with Crippen LogP contribution in [0.5, 0.6) is 0 Å². The predicted molar refractivity (Wildman–Crippen MR) is 45.0 cm³/mol. The first-order valence-electron chi connectivity index (χ1n) is 4.70. The lowest BCUT2D eigenvalue weighted by Crippen LogP contribution is -2.24. The molecule has 0 radical (unpaired) electrons. The average Bonchev–Trinajstić information content (AvgIpc) is 2.42. The second kappa shape index (κ2) is 2.64. The molecular weight excluding hydrogens is 154 g/mol. The molecule has 2 fully saturated rings. The van der Waals surface area contributed by atoms with Crippen LogP contribution in [0, 0.1) is 11.3 Å². The molecule has 3 nitrogen and oxygen atoms in total. The van der Waals surface area contributed by atoms with Gasteiger partial charge in [-0.1, -0.05) is 12.8 Å². The zero-order chi connectivity index (χ0) is 8.60. The van der Waals surface area contributed by atoms with Gasteiger partial charge in [-0.3, -0.25) is 0 Å². The normalized spacial score (nSPS) is 30.5. The SMILES string of the molecule is O=C(O)NCC1CC12CCCC2. The van der Waals surface area contributed by atoms with E-state index in [1.807, 2.05) is 0 Å². The van der Waals surface area contributed by atoms with E-state index in [0.717, 1.165) is 0 Å². The van der Waals surface area contributed by atoms with E-state index in [4.69, 9.17) is 5.11 Å². The summed E-state index contributed by atoms with van der Waals surface area (Å²) in [4.78, 5) is 10.2. The fraction of sp³-hybridized carbons (Fsp3) is 0.889. The lowest BCUT2D eigenvalue weighted by Gasteiger charge is -2.06. The summed E-state index contributed by atoms with van der Waals surface area (Å²) in [6.45, 7) is 0.676. The zero-order valence-electron chi connectivity index (χ0n) is 7.18. The molecule has 12 heavy (non-hydrogen) atoms. The molecule has 2 N–H and O–H groups in total. The molecule has 0 heterocycles. The van der Waals surface area contributed by atoms with Gasteiger partial charge in [0.25, 0.3) is 0 Å². The Kier molecular flexibility index (Phi) is 1.74. The fourth-order valence-corrected chi connectivity index (χ4v) is 2.62. The first-order chi connectivity index (χ1) is 5.73. The summed E-state index contributed by atoms with van der Waals surface area (Å²) in [5.74, 6) is 0.649. The Balaban J connectivity index is 1.76. The van der Waals surface area contributed by atoms with Crippen LogP contribution in [0.1, 0.15) is 32.1 Å². The Morgan fingerprint density at radius 3 is 2.75 bits per heavy atom. The maximum absolute atomic E-state index is 10.2. The molecule has 2 aliphatic rings. The van der Waals surface area contributed by atoms with Gasteiger partial charge in [-0.25, -0.2) is 4.79 Å². The molecule has 0 aromatic carbocycles. The molecule has 1 atom stereocenters. The fourth-order valence-electron chi connectivity index (χ4n) is 2.62. The number of rotatable bonds is 2. The van der Waals surface area contributed by atoms with E-state index in [1.165, 1.54) is 32.1 Å². The molecule has 2 aliphatic carbocycles. The van der Waals surface area contributed by atoms with Crippen molar-refractivity contribution >= 4 is 6.09 Å². The van der Waals surface area contributed by atoms with Crippen LogP contribution < -0.4 is 5.32 Å². The third-order valence-electron chi connectivity index (χ3n) is 3.46. The number of amides is 1. The van der Waals surface area contributed by atoms with Gasteiger partial charge >= 0.3 is 6.09 Å². The number of nitrogens with one attached hydrogen (secondary N) is 1. The van der Waals surface area contributed by atoms with E-state index < -0.39 is 6.09 Å². The van der Waals surface area contributed by atoms with Gasteiger partial charge in [-0.15, -0.1) is 0 Å². The first-order valence-corrected chi connectivity index (χ1v) is 4.70. The van der Waals surface area contributed by atoms with Crippen molar-refractivity contribution in [3.63, 3.8) is 0 Å². The molecule has 0 aromatic rings. The van der Waals surface area contributed by atoms with Crippen molar-refractivity contribution in [1.29, 1.82) is 0 Å². The van der Waals surface area contributed by atoms with Crippen LogP contribution in [0.2, 0.25) is 0 Å². The molecular formula is C9H15NO2. The van der Waals surface area contributed by atoms with Crippen LogP contribution in [-0.4, -0.2) is 17.7 Å². The van der Waals surface area contributed by atoms with Gasteiger partial charge < -0.3 is 10.4 Å². The van der Waals surface area contributed by atoms with Crippen molar-refractivity contribution in [3.8, 4) is 0 Å². The van der Waals surface area contributed by atoms with Crippen LogP contribution in [0.15, 0.2) is 0 Å². The summed E-state index contributed by atoms with van der Waals surface area (Å²) >= 11 is 0. The Labute approximate surface area is 72.2 Å². The average molecular weight is 169 g/mol. The van der Waals surface area contributed by atoms with Gasteiger partial charge in [-0.05, 0) is 30.6 Å². The quantitative estimate of drug-likeness (QED) is 0.662. The van der Waals surface area contributed by atoms with Gasteiger partial charge in [0.15, 0.2) is 0 Å². The topological polar surface area (TPSA) is 49.3 Å². The molecule has 3 heteroatoms. The van der Waals surface area contributed by atoms with Crippen LogP contribution in [-0.2, 0) is 0 Å². The molecule has 1 amide bonds. The minimum atomic E-state index is -0.880. The highest BCUT2D eigenvalue weighted by Gasteiger charge is 2.54. The van der Waals surface area contributed by atoms with E-state index in [1.54, 1.807) is 0 Å². The molecule has 0 aliphatic heterocycles. The van der Waals surface area contributed by atoms with Gasteiger partial charge in [0.05, 0.1) is 0 Å². The molecule has 1 unspecified atom stereocenters. The van der Waals surface area contributed by atoms with Crippen molar-refractivity contribution < 1.29 is 9.90 Å². The summed E-state index contributed by atoms with van der Waals surface area (Å²) in [7, 11) is 0. The van der Waals surface area contributed by atoms with Gasteiger partial charge in [0.2, 0.25) is 0 Å². The van der Waals surface area contributed by atoms with Crippen molar-refractivity contribution in [2.75, 3.05) is 6.54 Å². The molecule has 68 valence electrons. The first kappa shape index (κ1) is 7.90. The molecule has 1 spiro atoms. The number of hydrogen-bond donors (Lipinski definition) is 2. The third kappa shape index (κ3) is 1.28. The predicted octanol–water partition coefficient (Wildman–Crippen LogP) is 1.83. The Morgan fingerprint density at radius 2 is 2.17 bits per heavy atom. The summed E-state index contributed by atoms with van der Waals surface area (Å²) in [5, 5.41) is 10.9. The highest BCUT2D eigenvalue weighted by molar-refractivity contribution is 5.64. The van der Waals surface area contributed by atoms with Crippen LogP contribution in [0.25, 0.3) is 0 Å². The number of carbonyl (C=O) groups is 1. The number of hydrogen-bond acceptors (Lipinski definition) is 1. The highest BCUT2D eigenvalue weighted by Crippen LogP contribution is 2.62. The summed E-state index contributed by atoms with van der Waals surface area (Å²) in [6, 6.07) is 0. The lowest BCUT2D eigenvalue weighted by molar-refractivity contribution is 0.193. The smallest absolute Gasteiger partial charge is 0.404 e. The third-order valence-corrected chi connectivity index (χ3v) is 3.46. The Morgan fingerprint density at radius 1 is 1.50 bits per heavy atom. The monoisotopic (exact) mass is 169 g/mol. The summed E-state index contributed by atoms with van der Waals surface area (Å²) in [6.07, 6.45) is 5.74. The molecule has 2 rings (SSSR count). The van der Waals surface area contributed by atoms with Crippen molar-refractivity contribution in [2.24, 2.45) is 11.3 Å². The standard InChI is InChI=1S/C9H15NO2/c11-8(12)10-6-7-5-9(7)3-1-2-4-9/h7,10H,1-6H2,(H,11,12). The van der Waals surface area contributed by atoms with Gasteiger partial charge in [0, 0.05) is 6.54 Å². The molecule has 2 saturated carbocycles. The second-order valence-corrected chi connectivity index (χ2v) is 4.16. The van der Waals surface area contributed by atoms with Crippen molar-refractivity contribution in [3.05, 3.63) is 0 Å². The number of carboxylic acid groups (broad SMARTS) is 1. The Hall–Kier alpha value is -0.730. The summed E-state index contributed by atoms with van der Waals surface area (Å²) in [5.41, 5.74) is 0.572. The van der Waals surface area contributed by atoms with E-state index >= 15 is 0 Å². The minimum Gasteiger partial charge on any atom is -0.465 e. The van der Waals surface area contributed by atoms with E-state index in [-0.39, 0.29) is 0 Å². The Bertz CT molecular complexity index is 197. The minimum absolute atomic E-state index is 0.572. The van der Waals surface area contributed by atoms with Crippen LogP contribution in [0.3, 0.4) is 0 Å². The maximum Gasteiger partial charge on any atom is 0.404 e. The molecule has 0 saturated heterocycles. The zero-order valence-corrected chi connectivity index (χ0v) is 7.18. The van der Waals surface area contributed by atoms with Gasteiger partial charge in [-0.2, -0.15) is 0 Å². The van der Waals surface area contributed by atoms with Crippen molar-refractivity contribution in [1.82, 2.24) is 5.32 Å².